The smallest absolute Gasteiger partial charge is 0.203 e. The zero-order chi connectivity index (χ0) is 13.5. The highest BCUT2D eigenvalue weighted by molar-refractivity contribution is 5.28. The number of methoxy groups -OCH3 is 1. The number of hydrogen-bond donors (Lipinski definition) is 1. The fraction of sp³-hybridized carbons (Fsp3) is 0.786. The molecule has 0 amide bonds. The van der Waals surface area contributed by atoms with Gasteiger partial charge in [-0.2, -0.15) is 0 Å². The highest BCUT2D eigenvalue weighted by atomic mass is 16.5. The molecule has 2 heterocycles. The van der Waals surface area contributed by atoms with Crippen LogP contribution in [-0.4, -0.2) is 43.0 Å². The standard InChI is InChI=1S/C14H25N3O2/c1-12-11-17(6-3-7-18-2)14(16-12)15-10-13-4-8-19-9-5-13/h11,13H,3-10H2,1-2H3,(H,15,16). The predicted octanol–water partition coefficient (Wildman–Crippen LogP) is 2.07. The summed E-state index contributed by atoms with van der Waals surface area (Å²) in [6, 6.07) is 0. The molecular weight excluding hydrogens is 242 g/mol. The molecule has 1 aliphatic heterocycles. The topological polar surface area (TPSA) is 48.3 Å². The van der Waals surface area contributed by atoms with Gasteiger partial charge >= 0.3 is 0 Å². The Kier molecular flexibility index (Phi) is 5.66. The lowest BCUT2D eigenvalue weighted by Crippen LogP contribution is -2.23. The van der Waals surface area contributed by atoms with Gasteiger partial charge in [-0.1, -0.05) is 0 Å². The maximum Gasteiger partial charge on any atom is 0.203 e. The van der Waals surface area contributed by atoms with Crippen LogP contribution < -0.4 is 5.32 Å². The molecule has 1 aromatic rings. The molecule has 1 aromatic heterocycles. The van der Waals surface area contributed by atoms with E-state index in [1.165, 1.54) is 0 Å². The van der Waals surface area contributed by atoms with E-state index in [0.717, 1.165) is 63.8 Å². The molecule has 0 saturated carbocycles. The van der Waals surface area contributed by atoms with Crippen LogP contribution in [0.3, 0.4) is 0 Å². The third-order valence-corrected chi connectivity index (χ3v) is 3.53. The highest BCUT2D eigenvalue weighted by Gasteiger charge is 2.14. The Hall–Kier alpha value is -1.07. The Labute approximate surface area is 115 Å². The maximum absolute atomic E-state index is 5.38. The van der Waals surface area contributed by atoms with E-state index < -0.39 is 0 Å². The first-order chi connectivity index (χ1) is 9.29. The van der Waals surface area contributed by atoms with E-state index in [1.54, 1.807) is 7.11 Å². The van der Waals surface area contributed by atoms with Crippen LogP contribution in [0, 0.1) is 12.8 Å². The summed E-state index contributed by atoms with van der Waals surface area (Å²) in [7, 11) is 1.74. The molecule has 5 nitrogen and oxygen atoms in total. The number of aromatic nitrogens is 2. The van der Waals surface area contributed by atoms with Gasteiger partial charge in [-0.25, -0.2) is 4.98 Å². The van der Waals surface area contributed by atoms with Crippen molar-refractivity contribution in [3.05, 3.63) is 11.9 Å². The van der Waals surface area contributed by atoms with Crippen molar-refractivity contribution < 1.29 is 9.47 Å². The summed E-state index contributed by atoms with van der Waals surface area (Å²) < 4.78 is 12.7. The van der Waals surface area contributed by atoms with Crippen molar-refractivity contribution >= 4 is 5.95 Å². The highest BCUT2D eigenvalue weighted by Crippen LogP contribution is 2.16. The molecule has 0 radical (unpaired) electrons. The minimum atomic E-state index is 0.707. The quantitative estimate of drug-likeness (QED) is 0.768. The second-order valence-corrected chi connectivity index (χ2v) is 5.18. The van der Waals surface area contributed by atoms with Crippen LogP contribution >= 0.6 is 0 Å². The third kappa shape index (κ3) is 4.51. The normalized spacial score (nSPS) is 16.7. The molecule has 19 heavy (non-hydrogen) atoms. The first kappa shape index (κ1) is 14.3. The summed E-state index contributed by atoms with van der Waals surface area (Å²) in [5.74, 6) is 1.69. The van der Waals surface area contributed by atoms with Crippen LogP contribution in [-0.2, 0) is 16.0 Å². The molecule has 0 atom stereocenters. The summed E-state index contributed by atoms with van der Waals surface area (Å²) in [5, 5.41) is 3.49. The average Bonchev–Trinajstić information content (AvgIpc) is 2.78. The van der Waals surface area contributed by atoms with Crippen LogP contribution in [0.1, 0.15) is 25.0 Å². The lowest BCUT2D eigenvalue weighted by atomic mass is 10.0. The van der Waals surface area contributed by atoms with Crippen molar-refractivity contribution in [2.75, 3.05) is 38.8 Å². The number of hydrogen-bond acceptors (Lipinski definition) is 4. The molecule has 2 rings (SSSR count). The Morgan fingerprint density at radius 3 is 3.00 bits per heavy atom. The summed E-state index contributed by atoms with van der Waals surface area (Å²) in [5.41, 5.74) is 1.06. The van der Waals surface area contributed by atoms with E-state index in [9.17, 15) is 0 Å². The third-order valence-electron chi connectivity index (χ3n) is 3.53. The number of anilines is 1. The van der Waals surface area contributed by atoms with Gasteiger partial charge in [-0.15, -0.1) is 0 Å². The number of nitrogens with zero attached hydrogens (tertiary/aromatic N) is 2. The molecule has 5 heteroatoms. The van der Waals surface area contributed by atoms with Gasteiger partial charge < -0.3 is 19.4 Å². The lowest BCUT2D eigenvalue weighted by Gasteiger charge is -2.22. The molecule has 1 N–H and O–H groups in total. The van der Waals surface area contributed by atoms with E-state index in [0.29, 0.717) is 5.92 Å². The SMILES string of the molecule is COCCCn1cc(C)nc1NCC1CCOCC1. The van der Waals surface area contributed by atoms with Crippen molar-refractivity contribution in [2.24, 2.45) is 5.92 Å². The molecule has 0 aliphatic carbocycles. The van der Waals surface area contributed by atoms with Crippen LogP contribution in [0.5, 0.6) is 0 Å². The first-order valence-corrected chi connectivity index (χ1v) is 7.14. The first-order valence-electron chi connectivity index (χ1n) is 7.14. The Bertz CT molecular complexity index is 373. The minimum absolute atomic E-state index is 0.707. The lowest BCUT2D eigenvalue weighted by molar-refractivity contribution is 0.0699. The molecule has 0 aromatic carbocycles. The molecular formula is C14H25N3O2. The second kappa shape index (κ2) is 7.50. The van der Waals surface area contributed by atoms with Crippen LogP contribution in [0.2, 0.25) is 0 Å². The van der Waals surface area contributed by atoms with E-state index >= 15 is 0 Å². The van der Waals surface area contributed by atoms with Gasteiger partial charge in [0.25, 0.3) is 0 Å². The van der Waals surface area contributed by atoms with Crippen LogP contribution in [0.15, 0.2) is 6.20 Å². The average molecular weight is 267 g/mol. The van der Waals surface area contributed by atoms with Crippen LogP contribution in [0.4, 0.5) is 5.95 Å². The fourth-order valence-electron chi connectivity index (χ4n) is 2.42. The van der Waals surface area contributed by atoms with Gasteiger partial charge in [0.05, 0.1) is 5.69 Å². The van der Waals surface area contributed by atoms with Crippen molar-refractivity contribution in [3.8, 4) is 0 Å². The van der Waals surface area contributed by atoms with Gasteiger partial charge in [-0.05, 0) is 32.1 Å². The van der Waals surface area contributed by atoms with E-state index in [-0.39, 0.29) is 0 Å². The summed E-state index contributed by atoms with van der Waals surface area (Å²) in [6.07, 6.45) is 5.41. The molecule has 108 valence electrons. The number of aryl methyl sites for hydroxylation is 2. The number of ether oxygens (including phenoxy) is 2. The minimum Gasteiger partial charge on any atom is -0.385 e. The summed E-state index contributed by atoms with van der Waals surface area (Å²) in [4.78, 5) is 4.55. The van der Waals surface area contributed by atoms with Crippen molar-refractivity contribution in [3.63, 3.8) is 0 Å². The molecule has 0 unspecified atom stereocenters. The van der Waals surface area contributed by atoms with Gasteiger partial charge in [0.2, 0.25) is 5.95 Å². The van der Waals surface area contributed by atoms with Crippen molar-refractivity contribution in [1.29, 1.82) is 0 Å². The Morgan fingerprint density at radius 1 is 1.47 bits per heavy atom. The van der Waals surface area contributed by atoms with E-state index in [4.69, 9.17) is 9.47 Å². The molecule has 1 aliphatic rings. The van der Waals surface area contributed by atoms with E-state index in [1.807, 2.05) is 6.92 Å². The number of imidazole rings is 1. The summed E-state index contributed by atoms with van der Waals surface area (Å²) >= 11 is 0. The summed E-state index contributed by atoms with van der Waals surface area (Å²) in [6.45, 7) is 6.55. The Balaban J connectivity index is 1.83. The Morgan fingerprint density at radius 2 is 2.26 bits per heavy atom. The van der Waals surface area contributed by atoms with Gasteiger partial charge in [0, 0.05) is 46.2 Å². The van der Waals surface area contributed by atoms with Gasteiger partial charge in [0.1, 0.15) is 0 Å². The van der Waals surface area contributed by atoms with Crippen molar-refractivity contribution in [1.82, 2.24) is 9.55 Å². The fourth-order valence-corrected chi connectivity index (χ4v) is 2.42. The van der Waals surface area contributed by atoms with Gasteiger partial charge in [0.15, 0.2) is 0 Å². The zero-order valence-corrected chi connectivity index (χ0v) is 12.0. The molecule has 0 bridgehead atoms. The van der Waals surface area contributed by atoms with Crippen LogP contribution in [0.25, 0.3) is 0 Å². The predicted molar refractivity (Wildman–Crippen MR) is 75.5 cm³/mol. The monoisotopic (exact) mass is 267 g/mol. The molecule has 0 spiro atoms. The zero-order valence-electron chi connectivity index (χ0n) is 12.0. The molecule has 1 fully saturated rings. The number of rotatable bonds is 7. The maximum atomic E-state index is 5.38. The van der Waals surface area contributed by atoms with Gasteiger partial charge in [-0.3, -0.25) is 0 Å². The molecule has 1 saturated heterocycles. The largest absolute Gasteiger partial charge is 0.385 e. The van der Waals surface area contributed by atoms with E-state index in [2.05, 4.69) is 21.1 Å². The van der Waals surface area contributed by atoms with Crippen molar-refractivity contribution in [2.45, 2.75) is 32.7 Å². The number of nitrogens with one attached hydrogen (secondary N) is 1. The second-order valence-electron chi connectivity index (χ2n) is 5.18.